The molecule has 0 aliphatic carbocycles. The predicted octanol–water partition coefficient (Wildman–Crippen LogP) is 1.02. The topological polar surface area (TPSA) is 21.3 Å². The van der Waals surface area contributed by atoms with Crippen LogP contribution in [0.5, 0.6) is 0 Å². The second kappa shape index (κ2) is 3.94. The molecule has 0 bridgehead atoms. The minimum Gasteiger partial charge on any atom is -0.377 e. The van der Waals surface area contributed by atoms with Crippen LogP contribution in [0.25, 0.3) is 0 Å². The largest absolute Gasteiger partial charge is 0.377 e. The summed E-state index contributed by atoms with van der Waals surface area (Å²) in [6, 6.07) is 0. The summed E-state index contributed by atoms with van der Waals surface area (Å²) in [6.07, 6.45) is 1.68. The molecular formula is C8H17NO. The molecule has 1 atom stereocenters. The normalized spacial score (nSPS) is 26.1. The Morgan fingerprint density at radius 1 is 1.60 bits per heavy atom. The second-order valence-electron chi connectivity index (χ2n) is 3.34. The Morgan fingerprint density at radius 2 is 2.40 bits per heavy atom. The fourth-order valence-corrected chi connectivity index (χ4v) is 1.10. The molecule has 1 aliphatic heterocycles. The van der Waals surface area contributed by atoms with Gasteiger partial charge in [-0.05, 0) is 18.9 Å². The highest BCUT2D eigenvalue weighted by molar-refractivity contribution is 4.70. The van der Waals surface area contributed by atoms with Crippen LogP contribution in [0, 0.1) is 5.92 Å². The SMILES string of the molecule is CC(C)CO[C@@H]1CCNC1. The Labute approximate surface area is 63.0 Å². The molecule has 0 unspecified atom stereocenters. The molecule has 0 spiro atoms. The third-order valence-electron chi connectivity index (χ3n) is 1.68. The van der Waals surface area contributed by atoms with Crippen molar-refractivity contribution in [2.24, 2.45) is 5.92 Å². The molecule has 1 heterocycles. The average molecular weight is 143 g/mol. The first kappa shape index (κ1) is 8.02. The summed E-state index contributed by atoms with van der Waals surface area (Å²) in [5.74, 6) is 0.667. The quantitative estimate of drug-likeness (QED) is 0.637. The van der Waals surface area contributed by atoms with Crippen molar-refractivity contribution in [3.63, 3.8) is 0 Å². The van der Waals surface area contributed by atoms with E-state index < -0.39 is 0 Å². The monoisotopic (exact) mass is 143 g/mol. The van der Waals surface area contributed by atoms with Gasteiger partial charge in [0, 0.05) is 13.2 Å². The molecule has 1 aliphatic rings. The van der Waals surface area contributed by atoms with Crippen molar-refractivity contribution in [3.8, 4) is 0 Å². The molecule has 0 saturated carbocycles. The summed E-state index contributed by atoms with van der Waals surface area (Å²) >= 11 is 0. The predicted molar refractivity (Wildman–Crippen MR) is 42.1 cm³/mol. The molecule has 1 rings (SSSR count). The van der Waals surface area contributed by atoms with Gasteiger partial charge in [-0.3, -0.25) is 0 Å². The maximum atomic E-state index is 5.60. The lowest BCUT2D eigenvalue weighted by molar-refractivity contribution is 0.0486. The zero-order chi connectivity index (χ0) is 7.40. The van der Waals surface area contributed by atoms with E-state index >= 15 is 0 Å². The lowest BCUT2D eigenvalue weighted by Gasteiger charge is -2.11. The summed E-state index contributed by atoms with van der Waals surface area (Å²) in [5, 5.41) is 3.27. The van der Waals surface area contributed by atoms with Gasteiger partial charge in [-0.15, -0.1) is 0 Å². The first-order valence-corrected chi connectivity index (χ1v) is 4.11. The molecule has 0 aromatic carbocycles. The fraction of sp³-hybridized carbons (Fsp3) is 1.00. The Hall–Kier alpha value is -0.0800. The van der Waals surface area contributed by atoms with E-state index in [0.29, 0.717) is 12.0 Å². The lowest BCUT2D eigenvalue weighted by atomic mass is 10.2. The summed E-state index contributed by atoms with van der Waals surface area (Å²) in [4.78, 5) is 0. The molecule has 1 N–H and O–H groups in total. The lowest BCUT2D eigenvalue weighted by Crippen LogP contribution is -2.18. The van der Waals surface area contributed by atoms with Gasteiger partial charge >= 0.3 is 0 Å². The van der Waals surface area contributed by atoms with Crippen molar-refractivity contribution in [2.45, 2.75) is 26.4 Å². The number of ether oxygens (including phenoxy) is 1. The van der Waals surface area contributed by atoms with Crippen LogP contribution >= 0.6 is 0 Å². The zero-order valence-corrected chi connectivity index (χ0v) is 6.89. The van der Waals surface area contributed by atoms with E-state index in [4.69, 9.17) is 4.74 Å². The highest BCUT2D eigenvalue weighted by atomic mass is 16.5. The van der Waals surface area contributed by atoms with Gasteiger partial charge < -0.3 is 10.1 Å². The molecule has 2 nitrogen and oxygen atoms in total. The number of hydrogen-bond acceptors (Lipinski definition) is 2. The van der Waals surface area contributed by atoms with Crippen LogP contribution in [0.1, 0.15) is 20.3 Å². The van der Waals surface area contributed by atoms with Crippen molar-refractivity contribution in [3.05, 3.63) is 0 Å². The third-order valence-corrected chi connectivity index (χ3v) is 1.68. The molecule has 1 saturated heterocycles. The molecule has 0 aromatic rings. The molecule has 0 aromatic heterocycles. The van der Waals surface area contributed by atoms with Gasteiger partial charge in [-0.25, -0.2) is 0 Å². The Kier molecular flexibility index (Phi) is 3.16. The third kappa shape index (κ3) is 2.67. The van der Waals surface area contributed by atoms with E-state index in [1.807, 2.05) is 0 Å². The van der Waals surface area contributed by atoms with Gasteiger partial charge in [0.05, 0.1) is 6.10 Å². The van der Waals surface area contributed by atoms with E-state index in [-0.39, 0.29) is 0 Å². The van der Waals surface area contributed by atoms with Gasteiger partial charge in [0.15, 0.2) is 0 Å². The van der Waals surface area contributed by atoms with E-state index in [1.165, 1.54) is 6.42 Å². The molecular weight excluding hydrogens is 126 g/mol. The summed E-state index contributed by atoms with van der Waals surface area (Å²) in [7, 11) is 0. The molecule has 60 valence electrons. The van der Waals surface area contributed by atoms with E-state index in [9.17, 15) is 0 Å². The molecule has 0 amide bonds. The minimum atomic E-state index is 0.488. The van der Waals surface area contributed by atoms with E-state index in [1.54, 1.807) is 0 Å². The Balaban J connectivity index is 2.01. The van der Waals surface area contributed by atoms with Gasteiger partial charge in [0.2, 0.25) is 0 Å². The summed E-state index contributed by atoms with van der Waals surface area (Å²) < 4.78 is 5.60. The molecule has 1 fully saturated rings. The summed E-state index contributed by atoms with van der Waals surface area (Å²) in [6.45, 7) is 7.45. The Bertz CT molecular complexity index is 87.3. The second-order valence-corrected chi connectivity index (χ2v) is 3.34. The first-order chi connectivity index (χ1) is 4.79. The van der Waals surface area contributed by atoms with Crippen LogP contribution in [0.3, 0.4) is 0 Å². The van der Waals surface area contributed by atoms with Crippen LogP contribution in [-0.4, -0.2) is 25.8 Å². The maximum Gasteiger partial charge on any atom is 0.0711 e. The van der Waals surface area contributed by atoms with Gasteiger partial charge in [0.25, 0.3) is 0 Å². The molecule has 0 radical (unpaired) electrons. The highest BCUT2D eigenvalue weighted by Gasteiger charge is 2.14. The number of hydrogen-bond donors (Lipinski definition) is 1. The van der Waals surface area contributed by atoms with Crippen molar-refractivity contribution in [1.29, 1.82) is 0 Å². The van der Waals surface area contributed by atoms with Crippen LogP contribution in [0.2, 0.25) is 0 Å². The number of rotatable bonds is 3. The maximum absolute atomic E-state index is 5.60. The Morgan fingerprint density at radius 3 is 2.90 bits per heavy atom. The number of nitrogens with one attached hydrogen (secondary N) is 1. The van der Waals surface area contributed by atoms with Crippen LogP contribution in [-0.2, 0) is 4.74 Å². The highest BCUT2D eigenvalue weighted by Crippen LogP contribution is 2.04. The van der Waals surface area contributed by atoms with Gasteiger partial charge in [-0.1, -0.05) is 13.8 Å². The first-order valence-electron chi connectivity index (χ1n) is 4.11. The van der Waals surface area contributed by atoms with Gasteiger partial charge in [0.1, 0.15) is 0 Å². The van der Waals surface area contributed by atoms with E-state index in [0.717, 1.165) is 19.7 Å². The van der Waals surface area contributed by atoms with Crippen molar-refractivity contribution in [1.82, 2.24) is 5.32 Å². The average Bonchev–Trinajstić information content (AvgIpc) is 2.34. The molecule has 10 heavy (non-hydrogen) atoms. The van der Waals surface area contributed by atoms with Crippen molar-refractivity contribution >= 4 is 0 Å². The van der Waals surface area contributed by atoms with Crippen LogP contribution in [0.4, 0.5) is 0 Å². The zero-order valence-electron chi connectivity index (χ0n) is 6.89. The van der Waals surface area contributed by atoms with Gasteiger partial charge in [-0.2, -0.15) is 0 Å². The smallest absolute Gasteiger partial charge is 0.0711 e. The van der Waals surface area contributed by atoms with Crippen molar-refractivity contribution in [2.75, 3.05) is 19.7 Å². The van der Waals surface area contributed by atoms with E-state index in [2.05, 4.69) is 19.2 Å². The standard InChI is InChI=1S/C8H17NO/c1-7(2)6-10-8-3-4-9-5-8/h7-9H,3-6H2,1-2H3/t8-/m1/s1. The van der Waals surface area contributed by atoms with Crippen LogP contribution < -0.4 is 5.32 Å². The van der Waals surface area contributed by atoms with Crippen LogP contribution in [0.15, 0.2) is 0 Å². The fourth-order valence-electron chi connectivity index (χ4n) is 1.10. The summed E-state index contributed by atoms with van der Waals surface area (Å²) in [5.41, 5.74) is 0. The minimum absolute atomic E-state index is 0.488. The molecule has 2 heteroatoms. The van der Waals surface area contributed by atoms with Crippen molar-refractivity contribution < 1.29 is 4.74 Å².